The molecular weight excluding hydrogens is 270 g/mol. The number of nitrogens with zero attached hydrogens (tertiary/aromatic N) is 1. The van der Waals surface area contributed by atoms with Crippen molar-refractivity contribution in [1.82, 2.24) is 10.3 Å². The summed E-state index contributed by atoms with van der Waals surface area (Å²) in [5.41, 5.74) is 7.09. The molecular formula is C15H25N3OS. The Kier molecular flexibility index (Phi) is 5.98. The smallest absolute Gasteiger partial charge is 0.236 e. The first-order chi connectivity index (χ1) is 9.70. The summed E-state index contributed by atoms with van der Waals surface area (Å²) in [7, 11) is 0. The van der Waals surface area contributed by atoms with Gasteiger partial charge in [-0.15, -0.1) is 11.3 Å². The predicted octanol–water partition coefficient (Wildman–Crippen LogP) is 2.20. The zero-order chi connectivity index (χ0) is 14.4. The number of rotatable bonds is 7. The summed E-state index contributed by atoms with van der Waals surface area (Å²) in [4.78, 5) is 17.9. The molecule has 112 valence electrons. The average Bonchev–Trinajstić information content (AvgIpc) is 2.86. The molecule has 1 aromatic rings. The van der Waals surface area contributed by atoms with Gasteiger partial charge < -0.3 is 11.1 Å². The van der Waals surface area contributed by atoms with Crippen LogP contribution in [-0.4, -0.2) is 23.5 Å². The van der Waals surface area contributed by atoms with Crippen LogP contribution in [0.25, 0.3) is 0 Å². The van der Waals surface area contributed by atoms with E-state index in [1.54, 1.807) is 0 Å². The number of thiazole rings is 1. The number of nitrogens with one attached hydrogen (secondary N) is 1. The third-order valence-corrected chi connectivity index (χ3v) is 4.91. The van der Waals surface area contributed by atoms with Gasteiger partial charge in [-0.2, -0.15) is 0 Å². The molecule has 4 nitrogen and oxygen atoms in total. The van der Waals surface area contributed by atoms with Crippen molar-refractivity contribution in [2.75, 3.05) is 6.54 Å². The molecule has 1 heterocycles. The van der Waals surface area contributed by atoms with E-state index >= 15 is 0 Å². The van der Waals surface area contributed by atoms with Gasteiger partial charge >= 0.3 is 0 Å². The van der Waals surface area contributed by atoms with Crippen LogP contribution in [-0.2, 0) is 24.1 Å². The highest BCUT2D eigenvalue weighted by molar-refractivity contribution is 7.11. The molecule has 1 aromatic heterocycles. The van der Waals surface area contributed by atoms with E-state index in [9.17, 15) is 4.79 Å². The standard InChI is InChI=1S/C15H25N3OS/c1-2-6-11(16)15(19)17-10-5-9-14-18-12-7-3-4-8-13(12)20-14/h11H,2-10,16H2,1H3,(H,17,19). The summed E-state index contributed by atoms with van der Waals surface area (Å²) in [6.07, 6.45) is 8.54. The lowest BCUT2D eigenvalue weighted by Crippen LogP contribution is -2.40. The van der Waals surface area contributed by atoms with Gasteiger partial charge in [0.25, 0.3) is 0 Å². The summed E-state index contributed by atoms with van der Waals surface area (Å²) in [6, 6.07) is -0.354. The molecule has 0 bridgehead atoms. The fourth-order valence-corrected chi connectivity index (χ4v) is 3.74. The van der Waals surface area contributed by atoms with E-state index in [0.29, 0.717) is 6.54 Å². The van der Waals surface area contributed by atoms with E-state index < -0.39 is 0 Å². The van der Waals surface area contributed by atoms with E-state index in [4.69, 9.17) is 10.7 Å². The topological polar surface area (TPSA) is 68.0 Å². The molecule has 5 heteroatoms. The van der Waals surface area contributed by atoms with Crippen molar-refractivity contribution >= 4 is 17.2 Å². The van der Waals surface area contributed by atoms with Crippen LogP contribution in [0.3, 0.4) is 0 Å². The van der Waals surface area contributed by atoms with Gasteiger partial charge in [0.2, 0.25) is 5.91 Å². The van der Waals surface area contributed by atoms with Crippen molar-refractivity contribution in [3.63, 3.8) is 0 Å². The van der Waals surface area contributed by atoms with Gasteiger partial charge in [0.05, 0.1) is 16.7 Å². The molecule has 1 aliphatic rings. The molecule has 1 aliphatic carbocycles. The number of fused-ring (bicyclic) bond motifs is 1. The summed E-state index contributed by atoms with van der Waals surface area (Å²) in [5.74, 6) is -0.0229. The summed E-state index contributed by atoms with van der Waals surface area (Å²) in [6.45, 7) is 2.73. The van der Waals surface area contributed by atoms with Crippen LogP contribution in [0.1, 0.15) is 54.6 Å². The number of amides is 1. The molecule has 1 atom stereocenters. The Morgan fingerprint density at radius 1 is 1.45 bits per heavy atom. The van der Waals surface area contributed by atoms with Crippen LogP contribution >= 0.6 is 11.3 Å². The van der Waals surface area contributed by atoms with Gasteiger partial charge in [0.15, 0.2) is 0 Å². The Balaban J connectivity index is 1.68. The average molecular weight is 295 g/mol. The van der Waals surface area contributed by atoms with Gasteiger partial charge in [-0.3, -0.25) is 4.79 Å². The molecule has 1 amide bonds. The second-order valence-corrected chi connectivity index (χ2v) is 6.64. The summed E-state index contributed by atoms with van der Waals surface area (Å²) in [5, 5.41) is 4.14. The van der Waals surface area contributed by atoms with E-state index in [2.05, 4.69) is 5.32 Å². The first kappa shape index (κ1) is 15.4. The fourth-order valence-electron chi connectivity index (χ4n) is 2.54. The molecule has 0 aromatic carbocycles. The van der Waals surface area contributed by atoms with E-state index in [-0.39, 0.29) is 11.9 Å². The number of nitrogens with two attached hydrogens (primary N) is 1. The molecule has 0 saturated heterocycles. The second kappa shape index (κ2) is 7.74. The molecule has 2 rings (SSSR count). The lowest BCUT2D eigenvalue weighted by Gasteiger charge is -2.10. The van der Waals surface area contributed by atoms with Crippen molar-refractivity contribution in [2.45, 2.75) is 64.3 Å². The van der Waals surface area contributed by atoms with E-state index in [1.165, 1.54) is 34.8 Å². The van der Waals surface area contributed by atoms with Crippen LogP contribution in [0.2, 0.25) is 0 Å². The highest BCUT2D eigenvalue weighted by atomic mass is 32.1. The molecule has 0 radical (unpaired) electrons. The van der Waals surface area contributed by atoms with Crippen LogP contribution in [0, 0.1) is 0 Å². The molecule has 0 saturated carbocycles. The Morgan fingerprint density at radius 2 is 2.25 bits per heavy atom. The summed E-state index contributed by atoms with van der Waals surface area (Å²) >= 11 is 1.86. The van der Waals surface area contributed by atoms with Gasteiger partial charge in [0, 0.05) is 17.8 Å². The van der Waals surface area contributed by atoms with Crippen LogP contribution < -0.4 is 11.1 Å². The van der Waals surface area contributed by atoms with E-state index in [0.717, 1.165) is 32.1 Å². The Bertz CT molecular complexity index is 421. The van der Waals surface area contributed by atoms with Crippen molar-refractivity contribution in [2.24, 2.45) is 5.73 Å². The van der Waals surface area contributed by atoms with Crippen molar-refractivity contribution < 1.29 is 4.79 Å². The molecule has 3 N–H and O–H groups in total. The Labute approximate surface area is 125 Å². The van der Waals surface area contributed by atoms with Crippen LogP contribution in [0.4, 0.5) is 0 Å². The van der Waals surface area contributed by atoms with Gasteiger partial charge in [-0.1, -0.05) is 13.3 Å². The highest BCUT2D eigenvalue weighted by Gasteiger charge is 2.15. The zero-order valence-electron chi connectivity index (χ0n) is 12.3. The Hall–Kier alpha value is -0.940. The minimum absolute atomic E-state index is 0.0229. The number of carbonyl (C=O) groups excluding carboxylic acids is 1. The SMILES string of the molecule is CCCC(N)C(=O)NCCCc1nc2c(s1)CCCC2. The maximum absolute atomic E-state index is 11.7. The normalized spacial score (nSPS) is 15.7. The third-order valence-electron chi connectivity index (χ3n) is 3.69. The minimum Gasteiger partial charge on any atom is -0.355 e. The number of hydrogen-bond acceptors (Lipinski definition) is 4. The predicted molar refractivity (Wildman–Crippen MR) is 83.0 cm³/mol. The third kappa shape index (κ3) is 4.28. The van der Waals surface area contributed by atoms with Crippen molar-refractivity contribution in [3.05, 3.63) is 15.6 Å². The van der Waals surface area contributed by atoms with Crippen LogP contribution in [0.5, 0.6) is 0 Å². The number of carbonyl (C=O) groups is 1. The minimum atomic E-state index is -0.354. The molecule has 0 aliphatic heterocycles. The van der Waals surface area contributed by atoms with Crippen molar-refractivity contribution in [1.29, 1.82) is 0 Å². The molecule has 0 spiro atoms. The van der Waals surface area contributed by atoms with Crippen LogP contribution in [0.15, 0.2) is 0 Å². The maximum atomic E-state index is 11.7. The quantitative estimate of drug-likeness (QED) is 0.758. The number of hydrogen-bond donors (Lipinski definition) is 2. The zero-order valence-corrected chi connectivity index (χ0v) is 13.1. The second-order valence-electron chi connectivity index (χ2n) is 5.47. The summed E-state index contributed by atoms with van der Waals surface area (Å²) < 4.78 is 0. The van der Waals surface area contributed by atoms with Gasteiger partial charge in [-0.25, -0.2) is 4.98 Å². The molecule has 1 unspecified atom stereocenters. The lowest BCUT2D eigenvalue weighted by molar-refractivity contribution is -0.122. The lowest BCUT2D eigenvalue weighted by atomic mass is 10.0. The first-order valence-corrected chi connectivity index (χ1v) is 8.53. The largest absolute Gasteiger partial charge is 0.355 e. The maximum Gasteiger partial charge on any atom is 0.236 e. The van der Waals surface area contributed by atoms with Gasteiger partial charge in [-0.05, 0) is 38.5 Å². The molecule has 0 fully saturated rings. The monoisotopic (exact) mass is 295 g/mol. The molecule has 20 heavy (non-hydrogen) atoms. The number of aryl methyl sites for hydroxylation is 3. The highest BCUT2D eigenvalue weighted by Crippen LogP contribution is 2.27. The number of aromatic nitrogens is 1. The van der Waals surface area contributed by atoms with Crippen molar-refractivity contribution in [3.8, 4) is 0 Å². The Morgan fingerprint density at radius 3 is 3.00 bits per heavy atom. The fraction of sp³-hybridized carbons (Fsp3) is 0.733. The first-order valence-electron chi connectivity index (χ1n) is 7.71. The van der Waals surface area contributed by atoms with Gasteiger partial charge in [0.1, 0.15) is 0 Å². The van der Waals surface area contributed by atoms with E-state index in [1.807, 2.05) is 18.3 Å².